The number of rotatable bonds is 2. The van der Waals surface area contributed by atoms with Crippen molar-refractivity contribution in [1.29, 1.82) is 0 Å². The Morgan fingerprint density at radius 1 is 0.864 bits per heavy atom. The fourth-order valence-corrected chi connectivity index (χ4v) is 2.82. The van der Waals surface area contributed by atoms with Crippen LogP contribution in [0.5, 0.6) is 0 Å². The summed E-state index contributed by atoms with van der Waals surface area (Å²) in [5.41, 5.74) is 6.60. The summed E-state index contributed by atoms with van der Waals surface area (Å²) >= 11 is 0. The van der Waals surface area contributed by atoms with Gasteiger partial charge in [0.15, 0.2) is 0 Å². The zero-order valence-corrected chi connectivity index (χ0v) is 14.2. The van der Waals surface area contributed by atoms with Crippen molar-refractivity contribution >= 4 is 10.9 Å². The molecule has 0 atom stereocenters. The van der Waals surface area contributed by atoms with E-state index in [0.717, 1.165) is 0 Å². The molecule has 1 aromatic heterocycles. The van der Waals surface area contributed by atoms with Crippen LogP contribution in [0.25, 0.3) is 22.2 Å². The molecule has 2 aromatic carbocycles. The third kappa shape index (κ3) is 2.81. The Morgan fingerprint density at radius 2 is 1.55 bits per heavy atom. The molecule has 1 N–H and O–H groups in total. The van der Waals surface area contributed by atoms with Gasteiger partial charge in [0, 0.05) is 16.6 Å². The molecule has 0 saturated carbocycles. The standard InChI is InChI=1S/C21H25N/c1-14(2)16-8-11-19-17(12-16)13-20(22-19)15-6-9-18(10-7-15)21(3,4)5/h6-14,22H,1-5H3. The molecule has 114 valence electrons. The highest BCUT2D eigenvalue weighted by molar-refractivity contribution is 5.86. The second-order valence-electron chi connectivity index (χ2n) is 7.51. The molecule has 0 spiro atoms. The average Bonchev–Trinajstić information content (AvgIpc) is 2.89. The number of hydrogen-bond donors (Lipinski definition) is 1. The third-order valence-corrected chi connectivity index (χ3v) is 4.37. The van der Waals surface area contributed by atoms with Gasteiger partial charge in [-0.15, -0.1) is 0 Å². The van der Waals surface area contributed by atoms with E-state index in [9.17, 15) is 0 Å². The number of benzene rings is 2. The van der Waals surface area contributed by atoms with Crippen molar-refractivity contribution in [2.75, 3.05) is 0 Å². The molecule has 1 heterocycles. The van der Waals surface area contributed by atoms with Gasteiger partial charge in [0.05, 0.1) is 0 Å². The summed E-state index contributed by atoms with van der Waals surface area (Å²) in [6, 6.07) is 17.9. The molecule has 3 rings (SSSR count). The molecule has 0 aliphatic rings. The van der Waals surface area contributed by atoms with E-state index < -0.39 is 0 Å². The number of aromatic nitrogens is 1. The molecule has 1 nitrogen and oxygen atoms in total. The molecular weight excluding hydrogens is 266 g/mol. The number of hydrogen-bond acceptors (Lipinski definition) is 0. The van der Waals surface area contributed by atoms with Gasteiger partial charge in [0.2, 0.25) is 0 Å². The zero-order chi connectivity index (χ0) is 15.9. The minimum atomic E-state index is 0.200. The first-order valence-electron chi connectivity index (χ1n) is 8.08. The van der Waals surface area contributed by atoms with Gasteiger partial charge in [-0.1, -0.05) is 65.0 Å². The highest BCUT2D eigenvalue weighted by Gasteiger charge is 2.13. The van der Waals surface area contributed by atoms with Gasteiger partial charge in [0.25, 0.3) is 0 Å². The lowest BCUT2D eigenvalue weighted by atomic mass is 9.86. The molecule has 0 amide bonds. The smallest absolute Gasteiger partial charge is 0.0464 e. The molecule has 0 aliphatic heterocycles. The number of nitrogens with one attached hydrogen (secondary N) is 1. The van der Waals surface area contributed by atoms with Crippen LogP contribution in [0.15, 0.2) is 48.5 Å². The first-order valence-corrected chi connectivity index (χ1v) is 8.08. The fraction of sp³-hybridized carbons (Fsp3) is 0.333. The summed E-state index contributed by atoms with van der Waals surface area (Å²) < 4.78 is 0. The number of H-pyrrole nitrogens is 1. The highest BCUT2D eigenvalue weighted by Crippen LogP contribution is 2.29. The zero-order valence-electron chi connectivity index (χ0n) is 14.2. The van der Waals surface area contributed by atoms with Crippen LogP contribution in [0.2, 0.25) is 0 Å². The molecule has 0 radical (unpaired) electrons. The van der Waals surface area contributed by atoms with Crippen molar-refractivity contribution in [1.82, 2.24) is 4.98 Å². The van der Waals surface area contributed by atoms with Crippen LogP contribution in [0, 0.1) is 0 Å². The van der Waals surface area contributed by atoms with Crippen LogP contribution in [0.3, 0.4) is 0 Å². The lowest BCUT2D eigenvalue weighted by molar-refractivity contribution is 0.590. The quantitative estimate of drug-likeness (QED) is 0.574. The molecule has 0 fully saturated rings. The molecule has 1 heteroatoms. The topological polar surface area (TPSA) is 15.8 Å². The Kier molecular flexibility index (Phi) is 3.60. The largest absolute Gasteiger partial charge is 0.355 e. The van der Waals surface area contributed by atoms with Gasteiger partial charge in [-0.2, -0.15) is 0 Å². The molecular formula is C21H25N. The van der Waals surface area contributed by atoms with Gasteiger partial charge in [-0.3, -0.25) is 0 Å². The van der Waals surface area contributed by atoms with E-state index in [-0.39, 0.29) is 5.41 Å². The van der Waals surface area contributed by atoms with E-state index in [1.54, 1.807) is 0 Å². The summed E-state index contributed by atoms with van der Waals surface area (Å²) in [5, 5.41) is 1.29. The number of fused-ring (bicyclic) bond motifs is 1. The van der Waals surface area contributed by atoms with E-state index >= 15 is 0 Å². The monoisotopic (exact) mass is 291 g/mol. The molecule has 0 bridgehead atoms. The lowest BCUT2D eigenvalue weighted by Gasteiger charge is -2.19. The first-order chi connectivity index (χ1) is 10.3. The van der Waals surface area contributed by atoms with Crippen molar-refractivity contribution in [3.8, 4) is 11.3 Å². The Morgan fingerprint density at radius 3 is 2.14 bits per heavy atom. The molecule has 0 saturated heterocycles. The summed E-state index contributed by atoms with van der Waals surface area (Å²) in [6.07, 6.45) is 0. The fourth-order valence-electron chi connectivity index (χ4n) is 2.82. The normalized spacial score (nSPS) is 12.3. The Labute approximate surface area is 133 Å². The van der Waals surface area contributed by atoms with Gasteiger partial charge >= 0.3 is 0 Å². The van der Waals surface area contributed by atoms with Crippen molar-refractivity contribution in [2.45, 2.75) is 46.0 Å². The van der Waals surface area contributed by atoms with E-state index in [4.69, 9.17) is 0 Å². The van der Waals surface area contributed by atoms with Crippen LogP contribution >= 0.6 is 0 Å². The molecule has 3 aromatic rings. The minimum Gasteiger partial charge on any atom is -0.355 e. The summed E-state index contributed by atoms with van der Waals surface area (Å²) in [4.78, 5) is 3.54. The van der Waals surface area contributed by atoms with E-state index in [1.165, 1.54) is 33.3 Å². The first kappa shape index (κ1) is 14.9. The van der Waals surface area contributed by atoms with Crippen LogP contribution in [-0.4, -0.2) is 4.98 Å². The van der Waals surface area contributed by atoms with E-state index in [0.29, 0.717) is 5.92 Å². The van der Waals surface area contributed by atoms with Crippen LogP contribution in [0.1, 0.15) is 51.7 Å². The van der Waals surface area contributed by atoms with Crippen molar-refractivity contribution in [3.63, 3.8) is 0 Å². The van der Waals surface area contributed by atoms with Crippen LogP contribution < -0.4 is 0 Å². The van der Waals surface area contributed by atoms with Crippen molar-refractivity contribution in [3.05, 3.63) is 59.7 Å². The van der Waals surface area contributed by atoms with Gasteiger partial charge in [0.1, 0.15) is 0 Å². The van der Waals surface area contributed by atoms with Gasteiger partial charge in [-0.05, 0) is 46.2 Å². The third-order valence-electron chi connectivity index (χ3n) is 4.37. The SMILES string of the molecule is CC(C)c1ccc2[nH]c(-c3ccc(C(C)(C)C)cc3)cc2c1. The summed E-state index contributed by atoms with van der Waals surface area (Å²) in [5.74, 6) is 0.564. The lowest BCUT2D eigenvalue weighted by Crippen LogP contribution is -2.10. The van der Waals surface area contributed by atoms with E-state index in [1.807, 2.05) is 0 Å². The summed E-state index contributed by atoms with van der Waals surface area (Å²) in [6.45, 7) is 11.2. The maximum atomic E-state index is 3.54. The van der Waals surface area contributed by atoms with Crippen molar-refractivity contribution in [2.24, 2.45) is 0 Å². The van der Waals surface area contributed by atoms with Gasteiger partial charge in [-0.25, -0.2) is 0 Å². The molecule has 0 aliphatic carbocycles. The van der Waals surface area contributed by atoms with Crippen LogP contribution in [-0.2, 0) is 5.41 Å². The van der Waals surface area contributed by atoms with Gasteiger partial charge < -0.3 is 4.98 Å². The maximum absolute atomic E-state index is 3.54. The maximum Gasteiger partial charge on any atom is 0.0464 e. The highest BCUT2D eigenvalue weighted by atomic mass is 14.7. The predicted molar refractivity (Wildman–Crippen MR) is 96.5 cm³/mol. The van der Waals surface area contributed by atoms with E-state index in [2.05, 4.69) is 88.1 Å². The number of aromatic amines is 1. The predicted octanol–water partition coefficient (Wildman–Crippen LogP) is 6.26. The molecule has 0 unspecified atom stereocenters. The second kappa shape index (κ2) is 5.31. The van der Waals surface area contributed by atoms with Crippen molar-refractivity contribution < 1.29 is 0 Å². The second-order valence-corrected chi connectivity index (χ2v) is 7.51. The Balaban J connectivity index is 1.99. The van der Waals surface area contributed by atoms with Crippen LogP contribution in [0.4, 0.5) is 0 Å². The summed E-state index contributed by atoms with van der Waals surface area (Å²) in [7, 11) is 0. The molecule has 22 heavy (non-hydrogen) atoms. The minimum absolute atomic E-state index is 0.200. The Bertz CT molecular complexity index is 783. The average molecular weight is 291 g/mol. The Hall–Kier alpha value is -2.02.